The van der Waals surface area contributed by atoms with Gasteiger partial charge < -0.3 is 10.1 Å². The Balaban J connectivity index is 2.08. The Bertz CT molecular complexity index is 681. The van der Waals surface area contributed by atoms with Gasteiger partial charge in [-0.2, -0.15) is 0 Å². The van der Waals surface area contributed by atoms with E-state index in [4.69, 9.17) is 4.74 Å². The summed E-state index contributed by atoms with van der Waals surface area (Å²) in [6, 6.07) is 18.3. The van der Waals surface area contributed by atoms with Crippen LogP contribution in [0.5, 0.6) is 0 Å². The van der Waals surface area contributed by atoms with Crippen LogP contribution in [-0.4, -0.2) is 12.4 Å². The highest BCUT2D eigenvalue weighted by Gasteiger charge is 2.19. The van der Waals surface area contributed by atoms with Crippen molar-refractivity contribution in [1.29, 1.82) is 0 Å². The summed E-state index contributed by atoms with van der Waals surface area (Å²) in [5, 5.41) is 2.78. The second kappa shape index (κ2) is 9.30. The van der Waals surface area contributed by atoms with Crippen LogP contribution < -0.4 is 5.32 Å². The van der Waals surface area contributed by atoms with E-state index in [1.165, 1.54) is 0 Å². The number of hydrogen-bond acceptors (Lipinski definition) is 3. The molecule has 0 aliphatic carbocycles. The molecule has 0 heterocycles. The monoisotopic (exact) mass is 323 g/mol. The minimum atomic E-state index is -0.559. The third-order valence-corrected chi connectivity index (χ3v) is 3.52. The number of amides is 1. The average Bonchev–Trinajstić information content (AvgIpc) is 2.64. The highest BCUT2D eigenvalue weighted by atomic mass is 16.5. The molecule has 2 aromatic carbocycles. The average molecular weight is 323 g/mol. The topological polar surface area (TPSA) is 55.4 Å². The molecule has 24 heavy (non-hydrogen) atoms. The zero-order valence-electron chi connectivity index (χ0n) is 13.6. The fraction of sp³-hybridized carbons (Fsp3) is 0.200. The number of benzene rings is 2. The Morgan fingerprint density at radius 1 is 1.08 bits per heavy atom. The molecule has 0 unspecified atom stereocenters. The van der Waals surface area contributed by atoms with Gasteiger partial charge in [0.25, 0.3) is 0 Å². The summed E-state index contributed by atoms with van der Waals surface area (Å²) in [4.78, 5) is 23.6. The van der Waals surface area contributed by atoms with E-state index in [9.17, 15) is 9.59 Å². The second-order valence-corrected chi connectivity index (χ2v) is 5.28. The van der Waals surface area contributed by atoms with Crippen LogP contribution in [0, 0.1) is 0 Å². The van der Waals surface area contributed by atoms with Crippen molar-refractivity contribution in [3.05, 3.63) is 83.4 Å². The maximum atomic E-state index is 12.1. The molecule has 124 valence electrons. The van der Waals surface area contributed by atoms with Crippen molar-refractivity contribution >= 4 is 12.4 Å². The molecule has 0 radical (unpaired) electrons. The lowest BCUT2D eigenvalue weighted by molar-refractivity contribution is -0.105. The molecule has 1 N–H and O–H groups in total. The second-order valence-electron chi connectivity index (χ2n) is 5.28. The Morgan fingerprint density at radius 3 is 2.29 bits per heavy atom. The van der Waals surface area contributed by atoms with Crippen molar-refractivity contribution in [3.63, 3.8) is 0 Å². The van der Waals surface area contributed by atoms with Gasteiger partial charge in [0.1, 0.15) is 12.9 Å². The van der Waals surface area contributed by atoms with E-state index in [-0.39, 0.29) is 6.61 Å². The Kier molecular flexibility index (Phi) is 6.77. The van der Waals surface area contributed by atoms with Crippen molar-refractivity contribution in [3.8, 4) is 0 Å². The van der Waals surface area contributed by atoms with Gasteiger partial charge in [0.15, 0.2) is 0 Å². The summed E-state index contributed by atoms with van der Waals surface area (Å²) in [5.74, 6) is 0. The van der Waals surface area contributed by atoms with E-state index < -0.39 is 12.1 Å². The molecule has 0 spiro atoms. The normalized spacial score (nSPS) is 12.3. The van der Waals surface area contributed by atoms with Gasteiger partial charge >= 0.3 is 6.09 Å². The standard InChI is InChI=1S/C20H21NO3/c1-2-9-18(14-22)19(17-12-7-4-8-13-17)21-20(23)24-15-16-10-5-3-6-11-16/h3-14,19H,2,15H2,1H3,(H,21,23)/b18-9-/t19-/m1/s1. The summed E-state index contributed by atoms with van der Waals surface area (Å²) in [7, 11) is 0. The van der Waals surface area contributed by atoms with Crippen LogP contribution in [0.2, 0.25) is 0 Å². The van der Waals surface area contributed by atoms with Gasteiger partial charge in [0.2, 0.25) is 0 Å². The Hall–Kier alpha value is -2.88. The molecule has 0 bridgehead atoms. The first kappa shape index (κ1) is 17.5. The third kappa shape index (κ3) is 5.09. The molecule has 0 aromatic heterocycles. The van der Waals surface area contributed by atoms with Crippen molar-refractivity contribution in [2.24, 2.45) is 0 Å². The molecule has 2 rings (SSSR count). The van der Waals surface area contributed by atoms with E-state index in [0.717, 1.165) is 17.4 Å². The SMILES string of the molecule is CC/C=C(/C=O)[C@H](NC(=O)OCc1ccccc1)c1ccccc1. The minimum absolute atomic E-state index is 0.183. The number of hydrogen-bond donors (Lipinski definition) is 1. The number of allylic oxidation sites excluding steroid dienone is 1. The minimum Gasteiger partial charge on any atom is -0.445 e. The van der Waals surface area contributed by atoms with E-state index in [1.807, 2.05) is 73.7 Å². The van der Waals surface area contributed by atoms with Crippen LogP contribution in [-0.2, 0) is 16.1 Å². The molecule has 1 amide bonds. The largest absolute Gasteiger partial charge is 0.445 e. The number of ether oxygens (including phenoxy) is 1. The van der Waals surface area contributed by atoms with Gasteiger partial charge in [0, 0.05) is 5.57 Å². The number of carbonyl (C=O) groups excluding carboxylic acids is 2. The first-order valence-corrected chi connectivity index (χ1v) is 7.92. The highest BCUT2D eigenvalue weighted by Crippen LogP contribution is 2.21. The smallest absolute Gasteiger partial charge is 0.408 e. The van der Waals surface area contributed by atoms with Gasteiger partial charge in [-0.15, -0.1) is 0 Å². The van der Waals surface area contributed by atoms with Crippen LogP contribution in [0.15, 0.2) is 72.3 Å². The van der Waals surface area contributed by atoms with E-state index in [0.29, 0.717) is 12.0 Å². The molecule has 4 heteroatoms. The number of nitrogens with one attached hydrogen (secondary N) is 1. The lowest BCUT2D eigenvalue weighted by Gasteiger charge is -2.19. The van der Waals surface area contributed by atoms with Crippen LogP contribution in [0.25, 0.3) is 0 Å². The van der Waals surface area contributed by atoms with Gasteiger partial charge in [0.05, 0.1) is 6.04 Å². The molecular weight excluding hydrogens is 302 g/mol. The maximum absolute atomic E-state index is 12.1. The first-order chi connectivity index (χ1) is 11.7. The molecule has 2 aromatic rings. The zero-order chi connectivity index (χ0) is 17.2. The van der Waals surface area contributed by atoms with Gasteiger partial charge in [-0.05, 0) is 17.5 Å². The van der Waals surface area contributed by atoms with Crippen molar-refractivity contribution < 1.29 is 14.3 Å². The predicted molar refractivity (Wildman–Crippen MR) is 93.4 cm³/mol. The molecule has 0 aliphatic rings. The summed E-state index contributed by atoms with van der Waals surface area (Å²) in [6.07, 6.45) is 2.73. The zero-order valence-corrected chi connectivity index (χ0v) is 13.6. The van der Waals surface area contributed by atoms with Crippen LogP contribution >= 0.6 is 0 Å². The molecule has 4 nitrogen and oxygen atoms in total. The maximum Gasteiger partial charge on any atom is 0.408 e. The van der Waals surface area contributed by atoms with Crippen LogP contribution in [0.1, 0.15) is 30.5 Å². The molecule has 0 saturated heterocycles. The number of aldehydes is 1. The van der Waals surface area contributed by atoms with Crippen LogP contribution in [0.3, 0.4) is 0 Å². The van der Waals surface area contributed by atoms with Gasteiger partial charge in [-0.25, -0.2) is 4.79 Å². The molecule has 0 saturated carbocycles. The van der Waals surface area contributed by atoms with Gasteiger partial charge in [-0.1, -0.05) is 73.7 Å². The Labute approximate surface area is 142 Å². The summed E-state index contributed by atoms with van der Waals surface area (Å²) < 4.78 is 5.26. The third-order valence-electron chi connectivity index (χ3n) is 3.52. The molecule has 1 atom stereocenters. The fourth-order valence-corrected chi connectivity index (χ4v) is 2.36. The van der Waals surface area contributed by atoms with Crippen LogP contribution in [0.4, 0.5) is 4.79 Å². The van der Waals surface area contributed by atoms with Crippen molar-refractivity contribution in [2.45, 2.75) is 26.0 Å². The predicted octanol–water partition coefficient (Wildman–Crippen LogP) is 4.19. The molecule has 0 fully saturated rings. The number of alkyl carbamates (subject to hydrolysis) is 1. The lowest BCUT2D eigenvalue weighted by atomic mass is 9.99. The summed E-state index contributed by atoms with van der Waals surface area (Å²) in [5.41, 5.74) is 2.25. The quantitative estimate of drug-likeness (QED) is 0.614. The van der Waals surface area contributed by atoms with Crippen molar-refractivity contribution in [1.82, 2.24) is 5.32 Å². The number of carbonyl (C=O) groups is 2. The molecule has 0 aliphatic heterocycles. The van der Waals surface area contributed by atoms with Crippen molar-refractivity contribution in [2.75, 3.05) is 0 Å². The first-order valence-electron chi connectivity index (χ1n) is 7.92. The molecular formula is C20H21NO3. The lowest BCUT2D eigenvalue weighted by Crippen LogP contribution is -2.30. The summed E-state index contributed by atoms with van der Waals surface area (Å²) >= 11 is 0. The highest BCUT2D eigenvalue weighted by molar-refractivity contribution is 5.78. The van der Waals surface area contributed by atoms with E-state index in [1.54, 1.807) is 0 Å². The number of rotatable bonds is 7. The summed E-state index contributed by atoms with van der Waals surface area (Å²) in [6.45, 7) is 2.13. The fourth-order valence-electron chi connectivity index (χ4n) is 2.36. The van der Waals surface area contributed by atoms with Gasteiger partial charge in [-0.3, -0.25) is 4.79 Å². The van der Waals surface area contributed by atoms with E-state index >= 15 is 0 Å². The Morgan fingerprint density at radius 2 is 1.71 bits per heavy atom. The van der Waals surface area contributed by atoms with E-state index in [2.05, 4.69) is 5.32 Å².